The van der Waals surface area contributed by atoms with Crippen LogP contribution in [0.15, 0.2) is 82.6 Å². The van der Waals surface area contributed by atoms with Crippen LogP contribution in [0.25, 0.3) is 27.6 Å². The lowest BCUT2D eigenvalue weighted by Crippen LogP contribution is -2.51. The number of hydrogen-bond donors (Lipinski definition) is 2. The molecule has 2 fully saturated rings. The number of halogens is 1. The first kappa shape index (κ1) is 33.4. The van der Waals surface area contributed by atoms with Gasteiger partial charge < -0.3 is 15.0 Å². The third-order valence-corrected chi connectivity index (χ3v) is 12.1. The van der Waals surface area contributed by atoms with E-state index in [0.717, 1.165) is 67.3 Å². The summed E-state index contributed by atoms with van der Waals surface area (Å²) in [5, 5.41) is 3.30. The molecule has 15 heteroatoms. The second-order valence-corrected chi connectivity index (χ2v) is 15.4. The number of fused-ring (bicyclic) bond motifs is 4. The lowest BCUT2D eigenvalue weighted by molar-refractivity contribution is 0.124. The minimum atomic E-state index is -4.09. The molecule has 6 aromatic rings. The number of piperazine rings is 1. The van der Waals surface area contributed by atoms with Crippen molar-refractivity contribution in [2.45, 2.75) is 30.7 Å². The van der Waals surface area contributed by atoms with Crippen molar-refractivity contribution < 1.29 is 17.5 Å². The largest absolute Gasteiger partial charge is 0.494 e. The summed E-state index contributed by atoms with van der Waals surface area (Å²) in [5.74, 6) is -0.280. The summed E-state index contributed by atoms with van der Waals surface area (Å²) in [6.45, 7) is 7.66. The van der Waals surface area contributed by atoms with Gasteiger partial charge in [-0.2, -0.15) is 4.98 Å². The van der Waals surface area contributed by atoms with Crippen LogP contribution in [-0.4, -0.2) is 88.4 Å². The second-order valence-electron chi connectivity index (χ2n) is 13.0. The zero-order valence-corrected chi connectivity index (χ0v) is 29.9. The maximum absolute atomic E-state index is 15.1. The van der Waals surface area contributed by atoms with Crippen LogP contribution < -0.4 is 20.5 Å². The van der Waals surface area contributed by atoms with Crippen LogP contribution in [0.1, 0.15) is 18.4 Å². The van der Waals surface area contributed by atoms with Gasteiger partial charge in [0.1, 0.15) is 17.0 Å². The smallest absolute Gasteiger partial charge is 0.271 e. The second kappa shape index (κ2) is 13.1. The van der Waals surface area contributed by atoms with Crippen molar-refractivity contribution in [2.24, 2.45) is 0 Å². The van der Waals surface area contributed by atoms with Gasteiger partial charge >= 0.3 is 0 Å². The molecular formula is C36H37FN8O4S2. The highest BCUT2D eigenvalue weighted by atomic mass is 32.2. The summed E-state index contributed by atoms with van der Waals surface area (Å²) in [6, 6.07) is 18.6. The van der Waals surface area contributed by atoms with E-state index in [1.54, 1.807) is 31.4 Å². The minimum Gasteiger partial charge on any atom is -0.494 e. The summed E-state index contributed by atoms with van der Waals surface area (Å²) in [4.78, 5) is 28.4. The van der Waals surface area contributed by atoms with Gasteiger partial charge in [-0.3, -0.25) is 14.0 Å². The summed E-state index contributed by atoms with van der Waals surface area (Å²) in [6.07, 6.45) is 3.49. The molecule has 0 saturated carbocycles. The van der Waals surface area contributed by atoms with Crippen molar-refractivity contribution in [2.75, 3.05) is 56.6 Å². The highest BCUT2D eigenvalue weighted by molar-refractivity contribution is 7.90. The number of benzene rings is 3. The summed E-state index contributed by atoms with van der Waals surface area (Å²) >= 11 is 4.49. The van der Waals surface area contributed by atoms with E-state index >= 15 is 4.39 Å². The molecule has 0 radical (unpaired) electrons. The molecule has 0 spiro atoms. The van der Waals surface area contributed by atoms with Crippen molar-refractivity contribution >= 4 is 67.7 Å². The van der Waals surface area contributed by atoms with Gasteiger partial charge in [0.2, 0.25) is 5.95 Å². The first-order valence-electron chi connectivity index (χ1n) is 16.8. The molecule has 0 amide bonds. The van der Waals surface area contributed by atoms with E-state index in [1.807, 2.05) is 25.1 Å². The maximum Gasteiger partial charge on any atom is 0.271 e. The zero-order chi connectivity index (χ0) is 35.4. The van der Waals surface area contributed by atoms with Crippen molar-refractivity contribution in [3.8, 4) is 5.75 Å². The molecule has 264 valence electrons. The molecule has 1 N–H and O–H groups in total. The standard InChI is InChI=1S/C36H37FN8O4S2/c1-23-6-9-26(10-7-23)51(47,48)44-17-14-27-33(44)40-36(45-34(27)38-30-5-3-4-28(37)32(30)35(45)46)39-29-11-8-25(22-31(29)49-2)41-15-12-24(13-16-41)42-18-20-43(50)21-19-42/h3-11,14,17,22,24,50H,12-13,15-16,18-21H2,1-2H3,(H,39,40). The number of piperidine rings is 1. The molecule has 51 heavy (non-hydrogen) atoms. The van der Waals surface area contributed by atoms with Crippen molar-refractivity contribution in [1.82, 2.24) is 27.5 Å². The third-order valence-electron chi connectivity index (χ3n) is 9.98. The molecule has 2 aliphatic rings. The Morgan fingerprint density at radius 2 is 1.67 bits per heavy atom. The number of ether oxygens (including phenoxy) is 1. The number of anilines is 3. The molecule has 2 aliphatic heterocycles. The van der Waals surface area contributed by atoms with Crippen LogP contribution in [-0.2, 0) is 10.0 Å². The number of thiol groups is 1. The average molecular weight is 729 g/mol. The Hall–Kier alpha value is -4.70. The quantitative estimate of drug-likeness (QED) is 0.171. The molecule has 0 unspecified atom stereocenters. The first-order chi connectivity index (χ1) is 24.6. The van der Waals surface area contributed by atoms with E-state index in [2.05, 4.69) is 37.2 Å². The van der Waals surface area contributed by atoms with Crippen LogP contribution >= 0.6 is 12.8 Å². The SMILES string of the molecule is COc1cc(N2CCC(N3CCN(S)CC3)CC2)ccc1Nc1nc2c(ccn2S(=O)(=O)c2ccc(C)cc2)c2nc3cccc(F)c3c(=O)n12. The Morgan fingerprint density at radius 1 is 0.922 bits per heavy atom. The average Bonchev–Trinajstić information content (AvgIpc) is 3.57. The highest BCUT2D eigenvalue weighted by Crippen LogP contribution is 2.35. The molecular weight excluding hydrogens is 692 g/mol. The van der Waals surface area contributed by atoms with E-state index in [-0.39, 0.29) is 33.0 Å². The number of rotatable bonds is 7. The number of methoxy groups -OCH3 is 1. The predicted molar refractivity (Wildman–Crippen MR) is 200 cm³/mol. The van der Waals surface area contributed by atoms with Gasteiger partial charge in [0.15, 0.2) is 11.3 Å². The Kier molecular flexibility index (Phi) is 8.61. The van der Waals surface area contributed by atoms with E-state index in [0.29, 0.717) is 22.9 Å². The fraction of sp³-hybridized carbons (Fsp3) is 0.306. The Labute approximate surface area is 299 Å². The lowest BCUT2D eigenvalue weighted by atomic mass is 10.0. The normalized spacial score (nSPS) is 16.7. The van der Waals surface area contributed by atoms with Crippen molar-refractivity contribution in [1.29, 1.82) is 0 Å². The minimum absolute atomic E-state index is 0.0487. The molecule has 0 atom stereocenters. The van der Waals surface area contributed by atoms with E-state index in [1.165, 1.54) is 34.9 Å². The van der Waals surface area contributed by atoms with Crippen LogP contribution in [0.2, 0.25) is 0 Å². The van der Waals surface area contributed by atoms with Crippen LogP contribution in [0.3, 0.4) is 0 Å². The lowest BCUT2D eigenvalue weighted by Gasteiger charge is -2.42. The number of nitrogens with zero attached hydrogens (tertiary/aromatic N) is 7. The van der Waals surface area contributed by atoms with E-state index < -0.39 is 21.4 Å². The van der Waals surface area contributed by atoms with Gasteiger partial charge in [-0.25, -0.2) is 26.2 Å². The summed E-state index contributed by atoms with van der Waals surface area (Å²) in [5.41, 5.74) is 2.02. The molecule has 0 bridgehead atoms. The Balaban J connectivity index is 1.19. The number of aryl methyl sites for hydroxylation is 1. The van der Waals surface area contributed by atoms with Crippen LogP contribution in [0.5, 0.6) is 5.75 Å². The summed E-state index contributed by atoms with van der Waals surface area (Å²) in [7, 11) is -2.53. The monoisotopic (exact) mass is 728 g/mol. The molecule has 3 aromatic carbocycles. The van der Waals surface area contributed by atoms with E-state index in [9.17, 15) is 13.2 Å². The first-order valence-corrected chi connectivity index (χ1v) is 18.7. The van der Waals surface area contributed by atoms with Gasteiger partial charge in [0.25, 0.3) is 15.6 Å². The molecule has 0 aliphatic carbocycles. The number of nitrogens with one attached hydrogen (secondary N) is 1. The fourth-order valence-corrected chi connectivity index (χ4v) is 8.65. The predicted octanol–water partition coefficient (Wildman–Crippen LogP) is 5.07. The maximum atomic E-state index is 15.1. The molecule has 5 heterocycles. The molecule has 2 saturated heterocycles. The van der Waals surface area contributed by atoms with Gasteiger partial charge in [0, 0.05) is 63.3 Å². The van der Waals surface area contributed by atoms with Crippen molar-refractivity contribution in [3.05, 3.63) is 94.7 Å². The number of aromatic nitrogens is 4. The molecule has 8 rings (SSSR count). The molecule has 12 nitrogen and oxygen atoms in total. The Morgan fingerprint density at radius 3 is 2.39 bits per heavy atom. The third kappa shape index (κ3) is 5.97. The van der Waals surface area contributed by atoms with Gasteiger partial charge in [0.05, 0.1) is 28.6 Å². The van der Waals surface area contributed by atoms with Gasteiger partial charge in [-0.1, -0.05) is 36.6 Å². The van der Waals surface area contributed by atoms with Gasteiger partial charge in [-0.05, 0) is 62.2 Å². The van der Waals surface area contributed by atoms with Crippen LogP contribution in [0, 0.1) is 12.7 Å². The molecule has 3 aromatic heterocycles. The fourth-order valence-electron chi connectivity index (χ4n) is 7.17. The number of hydrogen-bond acceptors (Lipinski definition) is 11. The highest BCUT2D eigenvalue weighted by Gasteiger charge is 2.28. The van der Waals surface area contributed by atoms with Crippen LogP contribution in [0.4, 0.5) is 21.7 Å². The van der Waals surface area contributed by atoms with Crippen molar-refractivity contribution in [3.63, 3.8) is 0 Å². The zero-order valence-electron chi connectivity index (χ0n) is 28.2. The Bertz CT molecular complexity index is 2450. The van der Waals surface area contributed by atoms with E-state index in [4.69, 9.17) is 9.72 Å². The summed E-state index contributed by atoms with van der Waals surface area (Å²) < 4.78 is 53.0. The topological polar surface area (TPSA) is 117 Å². The van der Waals surface area contributed by atoms with Gasteiger partial charge in [-0.15, -0.1) is 0 Å².